The lowest BCUT2D eigenvalue weighted by molar-refractivity contribution is -0.122. The third kappa shape index (κ3) is 3.49. The predicted octanol–water partition coefficient (Wildman–Crippen LogP) is 0.664. The summed E-state index contributed by atoms with van der Waals surface area (Å²) < 4.78 is 20.7. The Hall–Kier alpha value is -3.23. The van der Waals surface area contributed by atoms with Crippen LogP contribution in [-0.2, 0) is 17.9 Å². The average molecular weight is 345 g/mol. The van der Waals surface area contributed by atoms with Crippen molar-refractivity contribution in [3.63, 3.8) is 0 Å². The Labute approximate surface area is 141 Å². The molecule has 0 spiro atoms. The van der Waals surface area contributed by atoms with Crippen molar-refractivity contribution in [1.29, 1.82) is 0 Å². The van der Waals surface area contributed by atoms with Gasteiger partial charge in [0.1, 0.15) is 12.4 Å². The first-order valence-electron chi connectivity index (χ1n) is 7.50. The molecule has 3 aromatic rings. The number of carbonyl (C=O) groups is 1. The van der Waals surface area contributed by atoms with Gasteiger partial charge in [-0.15, -0.1) is 5.10 Å². The molecule has 3 rings (SSSR count). The lowest BCUT2D eigenvalue weighted by atomic mass is 10.1. The molecule has 0 aliphatic carbocycles. The summed E-state index contributed by atoms with van der Waals surface area (Å²) in [6.07, 6.45) is 1.47. The highest BCUT2D eigenvalue weighted by atomic mass is 19.1. The van der Waals surface area contributed by atoms with Gasteiger partial charge in [0.05, 0.1) is 7.11 Å². The van der Waals surface area contributed by atoms with E-state index in [1.54, 1.807) is 19.1 Å². The number of hydrogen-bond acceptors (Lipinski definition) is 5. The molecule has 130 valence electrons. The number of fused-ring (bicyclic) bond motifs is 1. The van der Waals surface area contributed by atoms with Crippen LogP contribution in [-0.4, -0.2) is 32.2 Å². The van der Waals surface area contributed by atoms with E-state index < -0.39 is 11.6 Å². The lowest BCUT2D eigenvalue weighted by Crippen LogP contribution is -2.32. The molecule has 0 unspecified atom stereocenters. The lowest BCUT2D eigenvalue weighted by Gasteiger charge is -2.06. The van der Waals surface area contributed by atoms with Crippen LogP contribution >= 0.6 is 0 Å². The van der Waals surface area contributed by atoms with Crippen LogP contribution in [0.25, 0.3) is 5.78 Å². The van der Waals surface area contributed by atoms with Crippen LogP contribution in [0.4, 0.5) is 4.39 Å². The largest absolute Gasteiger partial charge is 0.481 e. The number of methoxy groups -OCH3 is 1. The van der Waals surface area contributed by atoms with Gasteiger partial charge in [-0.05, 0) is 24.1 Å². The van der Waals surface area contributed by atoms with Crippen LogP contribution in [0.15, 0.2) is 35.3 Å². The average Bonchev–Trinajstić information content (AvgIpc) is 2.91. The van der Waals surface area contributed by atoms with Gasteiger partial charge in [0.15, 0.2) is 0 Å². The first kappa shape index (κ1) is 16.6. The second-order valence-electron chi connectivity index (χ2n) is 5.44. The minimum atomic E-state index is -0.485. The smallest absolute Gasteiger partial charge is 0.352 e. The van der Waals surface area contributed by atoms with Crippen molar-refractivity contribution in [3.8, 4) is 5.88 Å². The highest BCUT2D eigenvalue weighted by molar-refractivity contribution is 5.75. The Balaban J connectivity index is 1.70. The zero-order valence-corrected chi connectivity index (χ0v) is 13.7. The number of aryl methyl sites for hydroxylation is 1. The van der Waals surface area contributed by atoms with Crippen molar-refractivity contribution in [1.82, 2.24) is 24.5 Å². The normalized spacial score (nSPS) is 10.8. The van der Waals surface area contributed by atoms with Gasteiger partial charge in [-0.3, -0.25) is 4.79 Å². The summed E-state index contributed by atoms with van der Waals surface area (Å²) >= 11 is 0. The van der Waals surface area contributed by atoms with E-state index in [-0.39, 0.29) is 24.7 Å². The number of hydrogen-bond donors (Lipinski definition) is 1. The Kier molecular flexibility index (Phi) is 4.46. The molecule has 0 aliphatic rings. The van der Waals surface area contributed by atoms with Gasteiger partial charge in [-0.1, -0.05) is 12.1 Å². The van der Waals surface area contributed by atoms with Gasteiger partial charge in [0, 0.05) is 18.8 Å². The summed E-state index contributed by atoms with van der Waals surface area (Å²) in [5.74, 6) is -0.296. The van der Waals surface area contributed by atoms with Crippen molar-refractivity contribution in [2.75, 3.05) is 7.11 Å². The van der Waals surface area contributed by atoms with E-state index in [4.69, 9.17) is 4.74 Å². The first-order valence-corrected chi connectivity index (χ1v) is 7.50. The monoisotopic (exact) mass is 345 g/mol. The molecule has 1 N–H and O–H groups in total. The van der Waals surface area contributed by atoms with Crippen molar-refractivity contribution >= 4 is 11.7 Å². The number of amides is 1. The number of rotatable bonds is 5. The Morgan fingerprint density at radius 2 is 2.16 bits per heavy atom. The summed E-state index contributed by atoms with van der Waals surface area (Å²) in [4.78, 5) is 28.2. The van der Waals surface area contributed by atoms with E-state index in [1.807, 2.05) is 0 Å². The summed E-state index contributed by atoms with van der Waals surface area (Å²) in [5, 5.41) is 6.63. The molecule has 8 nitrogen and oxygen atoms in total. The van der Waals surface area contributed by atoms with E-state index in [0.717, 1.165) is 4.68 Å². The van der Waals surface area contributed by atoms with Gasteiger partial charge < -0.3 is 10.1 Å². The maximum absolute atomic E-state index is 13.5. The number of benzene rings is 1. The standard InChI is InChI=1S/C16H16FN5O3/c1-10-3-4-11(7-12(10)17)8-18-13(23)9-22-16(24)21-6-5-14(25-2)19-15(21)20-22/h3-7H,8-9H2,1-2H3,(H,18,23). The van der Waals surface area contributed by atoms with Crippen LogP contribution in [0, 0.1) is 12.7 Å². The highest BCUT2D eigenvalue weighted by Crippen LogP contribution is 2.09. The van der Waals surface area contributed by atoms with Crippen molar-refractivity contribution in [3.05, 3.63) is 57.9 Å². The van der Waals surface area contributed by atoms with Crippen molar-refractivity contribution < 1.29 is 13.9 Å². The maximum atomic E-state index is 13.5. The van der Waals surface area contributed by atoms with E-state index in [9.17, 15) is 14.0 Å². The number of aromatic nitrogens is 4. The first-order chi connectivity index (χ1) is 12.0. The fourth-order valence-electron chi connectivity index (χ4n) is 2.25. The van der Waals surface area contributed by atoms with Crippen LogP contribution in [0.3, 0.4) is 0 Å². The molecule has 0 aliphatic heterocycles. The van der Waals surface area contributed by atoms with Crippen LogP contribution < -0.4 is 15.7 Å². The molecular formula is C16H16FN5O3. The summed E-state index contributed by atoms with van der Waals surface area (Å²) in [6.45, 7) is 1.56. The Morgan fingerprint density at radius 3 is 2.88 bits per heavy atom. The minimum absolute atomic E-state index is 0.137. The molecule has 2 heterocycles. The van der Waals surface area contributed by atoms with Gasteiger partial charge in [0.2, 0.25) is 11.8 Å². The molecule has 0 saturated heterocycles. The number of halogens is 1. The molecule has 1 amide bonds. The molecule has 0 radical (unpaired) electrons. The highest BCUT2D eigenvalue weighted by Gasteiger charge is 2.12. The number of nitrogens with zero attached hydrogens (tertiary/aromatic N) is 4. The van der Waals surface area contributed by atoms with Gasteiger partial charge >= 0.3 is 5.69 Å². The van der Waals surface area contributed by atoms with Crippen LogP contribution in [0.5, 0.6) is 5.88 Å². The quantitative estimate of drug-likeness (QED) is 0.734. The zero-order valence-electron chi connectivity index (χ0n) is 13.7. The number of ether oxygens (including phenoxy) is 1. The molecule has 2 aromatic heterocycles. The second-order valence-corrected chi connectivity index (χ2v) is 5.44. The van der Waals surface area contributed by atoms with Crippen LogP contribution in [0.1, 0.15) is 11.1 Å². The molecule has 0 fully saturated rings. The summed E-state index contributed by atoms with van der Waals surface area (Å²) in [5.41, 5.74) is 0.682. The molecule has 9 heteroatoms. The molecular weight excluding hydrogens is 329 g/mol. The Bertz CT molecular complexity index is 995. The van der Waals surface area contributed by atoms with E-state index in [2.05, 4.69) is 15.4 Å². The summed E-state index contributed by atoms with van der Waals surface area (Å²) in [7, 11) is 1.45. The number of carbonyl (C=O) groups excluding carboxylic acids is 1. The fourth-order valence-corrected chi connectivity index (χ4v) is 2.25. The molecule has 0 bridgehead atoms. The zero-order chi connectivity index (χ0) is 18.0. The van der Waals surface area contributed by atoms with E-state index in [1.165, 1.54) is 29.8 Å². The van der Waals surface area contributed by atoms with E-state index >= 15 is 0 Å². The van der Waals surface area contributed by atoms with Gasteiger partial charge in [-0.25, -0.2) is 18.3 Å². The molecule has 1 aromatic carbocycles. The summed E-state index contributed by atoms with van der Waals surface area (Å²) in [6, 6.07) is 6.25. The SMILES string of the molecule is COc1ccn2c(=O)n(CC(=O)NCc3ccc(C)c(F)c3)nc2n1. The topological polar surface area (TPSA) is 90.5 Å². The Morgan fingerprint density at radius 1 is 1.36 bits per heavy atom. The number of nitrogens with one attached hydrogen (secondary N) is 1. The van der Waals surface area contributed by atoms with Crippen molar-refractivity contribution in [2.45, 2.75) is 20.0 Å². The predicted molar refractivity (Wildman–Crippen MR) is 86.8 cm³/mol. The maximum Gasteiger partial charge on any atom is 0.352 e. The second kappa shape index (κ2) is 6.71. The third-order valence-corrected chi connectivity index (χ3v) is 3.66. The van der Waals surface area contributed by atoms with Gasteiger partial charge in [-0.2, -0.15) is 4.98 Å². The van der Waals surface area contributed by atoms with Crippen molar-refractivity contribution in [2.24, 2.45) is 0 Å². The third-order valence-electron chi connectivity index (χ3n) is 3.66. The molecule has 0 atom stereocenters. The van der Waals surface area contributed by atoms with E-state index in [0.29, 0.717) is 17.0 Å². The molecule has 0 saturated carbocycles. The minimum Gasteiger partial charge on any atom is -0.481 e. The molecule has 25 heavy (non-hydrogen) atoms. The van der Waals surface area contributed by atoms with Gasteiger partial charge in [0.25, 0.3) is 5.78 Å². The van der Waals surface area contributed by atoms with Crippen LogP contribution in [0.2, 0.25) is 0 Å². The fraction of sp³-hybridized carbons (Fsp3) is 0.250.